The molecule has 22 heavy (non-hydrogen) atoms. The van der Waals surface area contributed by atoms with Gasteiger partial charge in [0, 0.05) is 13.1 Å². The topological polar surface area (TPSA) is 92.7 Å². The Kier molecular flexibility index (Phi) is 3.87. The number of carbonyl (C=O) groups excluding carboxylic acids is 1. The molecule has 1 aromatic heterocycles. The van der Waals surface area contributed by atoms with E-state index in [1.807, 2.05) is 0 Å². The van der Waals surface area contributed by atoms with Crippen LogP contribution >= 0.6 is 0 Å². The van der Waals surface area contributed by atoms with E-state index in [2.05, 4.69) is 9.97 Å². The summed E-state index contributed by atoms with van der Waals surface area (Å²) in [6.07, 6.45) is 6.94. The summed E-state index contributed by atoms with van der Waals surface area (Å²) >= 11 is 0. The van der Waals surface area contributed by atoms with Gasteiger partial charge in [-0.1, -0.05) is 0 Å². The smallest absolute Gasteiger partial charge is 0.253 e. The van der Waals surface area contributed by atoms with Crippen LogP contribution in [0.1, 0.15) is 12.8 Å². The minimum absolute atomic E-state index is 0.00618. The highest BCUT2D eigenvalue weighted by atomic mass is 32.2. The molecule has 0 atom stereocenters. The van der Waals surface area contributed by atoms with Crippen molar-refractivity contribution in [3.05, 3.63) is 18.7 Å². The Labute approximate surface area is 129 Å². The minimum Gasteiger partial charge on any atom is -0.363 e. The lowest BCUT2D eigenvalue weighted by Crippen LogP contribution is -2.59. The molecule has 2 saturated heterocycles. The fraction of sp³-hybridized carbons (Fsp3) is 0.615. The third-order valence-corrected chi connectivity index (χ3v) is 5.51. The van der Waals surface area contributed by atoms with Crippen LogP contribution in [0.25, 0.3) is 0 Å². The number of carbonyl (C=O) groups is 1. The zero-order valence-electron chi connectivity index (χ0n) is 12.3. The van der Waals surface area contributed by atoms with E-state index in [-0.39, 0.29) is 12.5 Å². The highest BCUT2D eigenvalue weighted by molar-refractivity contribution is 7.88. The van der Waals surface area contributed by atoms with Crippen LogP contribution in [-0.4, -0.2) is 66.7 Å². The van der Waals surface area contributed by atoms with Gasteiger partial charge in [0.25, 0.3) is 5.91 Å². The molecule has 0 aromatic carbocycles. The quantitative estimate of drug-likeness (QED) is 0.736. The van der Waals surface area contributed by atoms with Crippen molar-refractivity contribution in [2.45, 2.75) is 18.4 Å². The molecular formula is C13H18N4O4S. The van der Waals surface area contributed by atoms with Crippen molar-refractivity contribution < 1.29 is 17.9 Å². The number of nitrogens with zero attached hydrogens (tertiary/aromatic N) is 4. The Bertz CT molecular complexity index is 656. The summed E-state index contributed by atoms with van der Waals surface area (Å²) in [6.45, 7) is 1.21. The van der Waals surface area contributed by atoms with Gasteiger partial charge in [0.1, 0.15) is 12.9 Å². The maximum atomic E-state index is 12.1. The lowest BCUT2D eigenvalue weighted by Gasteiger charge is -2.46. The van der Waals surface area contributed by atoms with E-state index in [9.17, 15) is 13.2 Å². The van der Waals surface area contributed by atoms with Crippen molar-refractivity contribution in [3.8, 4) is 0 Å². The number of morpholine rings is 1. The molecule has 0 bridgehead atoms. The van der Waals surface area contributed by atoms with Gasteiger partial charge in [0.05, 0.1) is 36.5 Å². The Hall–Kier alpha value is -1.58. The molecule has 2 aliphatic heterocycles. The second-order valence-electron chi connectivity index (χ2n) is 5.71. The average molecular weight is 326 g/mol. The van der Waals surface area contributed by atoms with Gasteiger partial charge in [0.15, 0.2) is 0 Å². The molecular weight excluding hydrogens is 308 g/mol. The molecule has 2 aliphatic rings. The average Bonchev–Trinajstić information content (AvgIpc) is 2.50. The Morgan fingerprint density at radius 2 is 1.86 bits per heavy atom. The predicted molar refractivity (Wildman–Crippen MR) is 78.7 cm³/mol. The molecule has 2 fully saturated rings. The van der Waals surface area contributed by atoms with Gasteiger partial charge in [-0.25, -0.2) is 22.7 Å². The largest absolute Gasteiger partial charge is 0.363 e. The zero-order chi connectivity index (χ0) is 15.8. The third-order valence-electron chi connectivity index (χ3n) is 4.21. The number of aromatic nitrogens is 2. The maximum absolute atomic E-state index is 12.1. The Balaban J connectivity index is 1.75. The number of hydrogen-bond donors (Lipinski definition) is 0. The first-order valence-electron chi connectivity index (χ1n) is 7.04. The monoisotopic (exact) mass is 326 g/mol. The predicted octanol–water partition coefficient (Wildman–Crippen LogP) is -0.366. The van der Waals surface area contributed by atoms with Crippen molar-refractivity contribution >= 4 is 21.6 Å². The fourth-order valence-corrected chi connectivity index (χ4v) is 3.75. The van der Waals surface area contributed by atoms with Crippen LogP contribution in [0.3, 0.4) is 0 Å². The number of amides is 1. The molecule has 9 heteroatoms. The Morgan fingerprint density at radius 1 is 1.23 bits per heavy atom. The van der Waals surface area contributed by atoms with Crippen molar-refractivity contribution in [2.75, 3.05) is 37.4 Å². The number of hydrogen-bond acceptors (Lipinski definition) is 6. The highest BCUT2D eigenvalue weighted by Crippen LogP contribution is 2.32. The summed E-state index contributed by atoms with van der Waals surface area (Å²) in [5.74, 6) is -0.133. The molecule has 120 valence electrons. The second-order valence-corrected chi connectivity index (χ2v) is 7.69. The molecule has 1 amide bonds. The lowest BCUT2D eigenvalue weighted by atomic mass is 9.90. The number of piperidine rings is 1. The van der Waals surface area contributed by atoms with Gasteiger partial charge in [-0.2, -0.15) is 0 Å². The third kappa shape index (κ3) is 2.96. The van der Waals surface area contributed by atoms with Gasteiger partial charge in [-0.05, 0) is 12.8 Å². The van der Waals surface area contributed by atoms with Crippen LogP contribution in [0.15, 0.2) is 18.7 Å². The first kappa shape index (κ1) is 15.3. The molecule has 0 N–H and O–H groups in total. The summed E-state index contributed by atoms with van der Waals surface area (Å²) in [5.41, 5.74) is 0.144. The molecule has 1 aromatic rings. The van der Waals surface area contributed by atoms with Crippen molar-refractivity contribution in [1.29, 1.82) is 0 Å². The van der Waals surface area contributed by atoms with Crippen molar-refractivity contribution in [3.63, 3.8) is 0 Å². The Morgan fingerprint density at radius 3 is 2.45 bits per heavy atom. The molecule has 1 spiro atoms. The standard InChI is InChI=1S/C13H18N4O4S/c1-22(19,20)16-4-2-13(3-5-16)9-17(12(18)8-21-13)11-6-14-10-15-7-11/h6-7,10H,2-5,8-9H2,1H3. The van der Waals surface area contributed by atoms with Gasteiger partial charge < -0.3 is 9.64 Å². The van der Waals surface area contributed by atoms with E-state index < -0.39 is 15.6 Å². The molecule has 0 aliphatic carbocycles. The SMILES string of the molecule is CS(=O)(=O)N1CCC2(CC1)CN(c1cncnc1)C(=O)CO2. The maximum Gasteiger partial charge on any atom is 0.253 e. The van der Waals surface area contributed by atoms with Crippen LogP contribution in [-0.2, 0) is 19.6 Å². The molecule has 3 heterocycles. The first-order valence-corrected chi connectivity index (χ1v) is 8.89. The number of anilines is 1. The minimum atomic E-state index is -3.18. The van der Waals surface area contributed by atoms with Gasteiger partial charge in [-0.15, -0.1) is 0 Å². The molecule has 3 rings (SSSR count). The normalized spacial score (nSPS) is 23.0. The van der Waals surface area contributed by atoms with E-state index in [1.165, 1.54) is 16.9 Å². The van der Waals surface area contributed by atoms with Crippen molar-refractivity contribution in [1.82, 2.24) is 14.3 Å². The number of ether oxygens (including phenoxy) is 1. The van der Waals surface area contributed by atoms with Crippen LogP contribution < -0.4 is 4.90 Å². The van der Waals surface area contributed by atoms with Gasteiger partial charge >= 0.3 is 0 Å². The van der Waals surface area contributed by atoms with E-state index in [0.29, 0.717) is 38.2 Å². The van der Waals surface area contributed by atoms with E-state index in [0.717, 1.165) is 0 Å². The summed E-state index contributed by atoms with van der Waals surface area (Å²) in [7, 11) is -3.18. The van der Waals surface area contributed by atoms with Gasteiger partial charge in [0.2, 0.25) is 10.0 Å². The highest BCUT2D eigenvalue weighted by Gasteiger charge is 2.44. The summed E-state index contributed by atoms with van der Waals surface area (Å²) < 4.78 is 30.4. The van der Waals surface area contributed by atoms with E-state index in [4.69, 9.17) is 4.74 Å². The fourth-order valence-electron chi connectivity index (χ4n) is 2.91. The van der Waals surface area contributed by atoms with Crippen LogP contribution in [0.4, 0.5) is 5.69 Å². The number of rotatable bonds is 2. The zero-order valence-corrected chi connectivity index (χ0v) is 13.1. The second kappa shape index (κ2) is 5.56. The summed E-state index contributed by atoms with van der Waals surface area (Å²) in [6, 6.07) is 0. The van der Waals surface area contributed by atoms with E-state index in [1.54, 1.807) is 17.3 Å². The van der Waals surface area contributed by atoms with Crippen molar-refractivity contribution in [2.24, 2.45) is 0 Å². The van der Waals surface area contributed by atoms with Crippen LogP contribution in [0.5, 0.6) is 0 Å². The summed E-state index contributed by atoms with van der Waals surface area (Å²) in [4.78, 5) is 21.6. The lowest BCUT2D eigenvalue weighted by molar-refractivity contribution is -0.143. The molecule has 0 unspecified atom stereocenters. The number of sulfonamides is 1. The summed E-state index contributed by atoms with van der Waals surface area (Å²) in [5, 5.41) is 0. The van der Waals surface area contributed by atoms with Crippen LogP contribution in [0.2, 0.25) is 0 Å². The first-order chi connectivity index (χ1) is 10.4. The molecule has 0 saturated carbocycles. The van der Waals surface area contributed by atoms with Crippen LogP contribution in [0, 0.1) is 0 Å². The van der Waals surface area contributed by atoms with E-state index >= 15 is 0 Å². The molecule has 8 nitrogen and oxygen atoms in total. The molecule has 0 radical (unpaired) electrons. The van der Waals surface area contributed by atoms with Gasteiger partial charge in [-0.3, -0.25) is 4.79 Å².